The number of benzene rings is 2. The number of halogens is 1. The number of sulfonamides is 1. The number of nitro benzene ring substituents is 1. The monoisotopic (exact) mass is 473 g/mol. The van der Waals surface area contributed by atoms with Crippen LogP contribution in [0.1, 0.15) is 48.8 Å². The molecule has 1 saturated heterocycles. The first-order chi connectivity index (χ1) is 15.4. The second kappa shape index (κ2) is 8.17. The van der Waals surface area contributed by atoms with Crippen molar-refractivity contribution in [3.63, 3.8) is 0 Å². The molecule has 1 N–H and O–H groups in total. The van der Waals surface area contributed by atoms with Gasteiger partial charge in [0, 0.05) is 30.8 Å². The van der Waals surface area contributed by atoms with Gasteiger partial charge in [-0.3, -0.25) is 10.1 Å². The Morgan fingerprint density at radius 3 is 2.62 bits per heavy atom. The number of piperidine rings is 1. The lowest BCUT2D eigenvalue weighted by Gasteiger charge is -2.38. The minimum Gasteiger partial charge on any atom is -0.378 e. The maximum Gasteiger partial charge on any atom is 0.288 e. The van der Waals surface area contributed by atoms with E-state index in [0.29, 0.717) is 18.0 Å². The van der Waals surface area contributed by atoms with Crippen molar-refractivity contribution in [1.82, 2.24) is 4.31 Å². The number of hydrogen-bond donors (Lipinski definition) is 1. The Labute approximate surface area is 192 Å². The molecule has 3 aliphatic rings. The summed E-state index contributed by atoms with van der Waals surface area (Å²) in [7, 11) is -3.52. The molecular formula is C23H24ClN3O4S. The molecule has 3 unspecified atom stereocenters. The summed E-state index contributed by atoms with van der Waals surface area (Å²) in [5.41, 5.74) is 2.51. The molecule has 0 radical (unpaired) electrons. The van der Waals surface area contributed by atoms with E-state index in [2.05, 4.69) is 17.5 Å². The highest BCUT2D eigenvalue weighted by atomic mass is 35.5. The summed E-state index contributed by atoms with van der Waals surface area (Å²) in [6, 6.07) is 10.1. The number of nitrogens with zero attached hydrogens (tertiary/aromatic N) is 2. The highest BCUT2D eigenvalue weighted by Gasteiger charge is 2.39. The molecular weight excluding hydrogens is 450 g/mol. The lowest BCUT2D eigenvalue weighted by Crippen LogP contribution is -2.36. The van der Waals surface area contributed by atoms with Gasteiger partial charge in [-0.25, -0.2) is 8.42 Å². The van der Waals surface area contributed by atoms with Gasteiger partial charge in [0.05, 0.1) is 15.9 Å². The van der Waals surface area contributed by atoms with Gasteiger partial charge in [-0.1, -0.05) is 36.2 Å². The largest absolute Gasteiger partial charge is 0.378 e. The zero-order chi connectivity index (χ0) is 22.5. The zero-order valence-corrected chi connectivity index (χ0v) is 19.0. The number of nitro groups is 1. The van der Waals surface area contributed by atoms with Gasteiger partial charge in [-0.05, 0) is 60.6 Å². The second-order valence-corrected chi connectivity index (χ2v) is 11.0. The van der Waals surface area contributed by atoms with Crippen molar-refractivity contribution in [3.05, 3.63) is 74.8 Å². The first-order valence-electron chi connectivity index (χ1n) is 10.9. The van der Waals surface area contributed by atoms with Gasteiger partial charge in [-0.2, -0.15) is 4.31 Å². The molecule has 32 heavy (non-hydrogen) atoms. The average molecular weight is 474 g/mol. The van der Waals surface area contributed by atoms with E-state index < -0.39 is 14.9 Å². The van der Waals surface area contributed by atoms with E-state index >= 15 is 0 Å². The molecule has 0 saturated carbocycles. The van der Waals surface area contributed by atoms with Crippen LogP contribution in [0.15, 0.2) is 53.4 Å². The predicted octanol–water partition coefficient (Wildman–Crippen LogP) is 5.25. The molecule has 1 aliphatic carbocycles. The highest BCUT2D eigenvalue weighted by molar-refractivity contribution is 7.89. The first kappa shape index (κ1) is 21.4. The van der Waals surface area contributed by atoms with Gasteiger partial charge in [0.25, 0.3) is 5.69 Å². The number of allylic oxidation sites excluding steroid dienone is 2. The highest BCUT2D eigenvalue weighted by Crippen LogP contribution is 2.50. The van der Waals surface area contributed by atoms with Crippen molar-refractivity contribution in [2.75, 3.05) is 18.4 Å². The Kier molecular flexibility index (Phi) is 5.47. The summed E-state index contributed by atoms with van der Waals surface area (Å²) in [4.78, 5) is 11.2. The third kappa shape index (κ3) is 3.60. The number of nitrogens with one attached hydrogen (secondary N) is 1. The summed E-state index contributed by atoms with van der Waals surface area (Å²) < 4.78 is 28.0. The molecule has 7 nitrogen and oxygen atoms in total. The van der Waals surface area contributed by atoms with E-state index in [9.17, 15) is 18.5 Å². The molecule has 0 amide bonds. The Morgan fingerprint density at radius 2 is 1.88 bits per heavy atom. The summed E-state index contributed by atoms with van der Waals surface area (Å²) in [6.45, 7) is 1.14. The van der Waals surface area contributed by atoms with Gasteiger partial charge in [0.1, 0.15) is 5.02 Å². The van der Waals surface area contributed by atoms with Crippen molar-refractivity contribution >= 4 is 33.0 Å². The van der Waals surface area contributed by atoms with Gasteiger partial charge in [0.15, 0.2) is 0 Å². The van der Waals surface area contributed by atoms with Crippen LogP contribution in [0.25, 0.3) is 0 Å². The molecule has 0 spiro atoms. The van der Waals surface area contributed by atoms with Crippen LogP contribution in [-0.2, 0) is 10.0 Å². The second-order valence-electron chi connectivity index (χ2n) is 8.66. The van der Waals surface area contributed by atoms with Crippen LogP contribution < -0.4 is 5.32 Å². The maximum atomic E-state index is 13.2. The van der Waals surface area contributed by atoms with E-state index in [1.165, 1.54) is 6.07 Å². The van der Waals surface area contributed by atoms with Crippen molar-refractivity contribution < 1.29 is 13.3 Å². The smallest absolute Gasteiger partial charge is 0.288 e. The summed E-state index contributed by atoms with van der Waals surface area (Å²) in [5, 5.41) is 15.0. The van der Waals surface area contributed by atoms with Gasteiger partial charge < -0.3 is 5.32 Å². The van der Waals surface area contributed by atoms with Crippen LogP contribution >= 0.6 is 11.6 Å². The molecule has 2 aromatic rings. The van der Waals surface area contributed by atoms with E-state index in [-0.39, 0.29) is 28.6 Å². The van der Waals surface area contributed by atoms with E-state index in [0.717, 1.165) is 42.5 Å². The fourth-order valence-corrected chi connectivity index (χ4v) is 6.92. The first-order valence-corrected chi connectivity index (χ1v) is 12.7. The Morgan fingerprint density at radius 1 is 1.09 bits per heavy atom. The van der Waals surface area contributed by atoms with Crippen molar-refractivity contribution in [2.24, 2.45) is 5.92 Å². The summed E-state index contributed by atoms with van der Waals surface area (Å²) >= 11 is 6.01. The van der Waals surface area contributed by atoms with E-state index in [1.54, 1.807) is 22.5 Å². The molecule has 168 valence electrons. The van der Waals surface area contributed by atoms with Gasteiger partial charge in [0.2, 0.25) is 10.0 Å². The minimum atomic E-state index is -3.52. The standard InChI is InChI=1S/C23H24ClN3O4S/c24-20-9-7-15(13-22(20)27(28)29)23-18-6-4-5-17(18)19-14-16(8-10-21(19)25-23)32(30,31)26-11-2-1-3-12-26/h4-5,7-10,13-14,17-18,23,25H,1-3,6,11-12H2. The predicted molar refractivity (Wildman–Crippen MR) is 124 cm³/mol. The number of fused-ring (bicyclic) bond motifs is 3. The van der Waals surface area contributed by atoms with Crippen LogP contribution in [0, 0.1) is 16.0 Å². The number of rotatable bonds is 4. The molecule has 2 heterocycles. The quantitative estimate of drug-likeness (QED) is 0.372. The van der Waals surface area contributed by atoms with Gasteiger partial charge in [-0.15, -0.1) is 0 Å². The third-order valence-corrected chi connectivity index (χ3v) is 9.03. The van der Waals surface area contributed by atoms with E-state index in [1.807, 2.05) is 12.1 Å². The average Bonchev–Trinajstić information content (AvgIpc) is 3.29. The van der Waals surface area contributed by atoms with Crippen molar-refractivity contribution in [1.29, 1.82) is 0 Å². The number of anilines is 1. The van der Waals surface area contributed by atoms with Gasteiger partial charge >= 0.3 is 0 Å². The van der Waals surface area contributed by atoms with Crippen LogP contribution in [0.4, 0.5) is 11.4 Å². The van der Waals surface area contributed by atoms with Crippen LogP contribution in [0.3, 0.4) is 0 Å². The van der Waals surface area contributed by atoms with Crippen LogP contribution in [-0.4, -0.2) is 30.7 Å². The fraction of sp³-hybridized carbons (Fsp3) is 0.391. The molecule has 9 heteroatoms. The Bertz CT molecular complexity index is 1210. The molecule has 0 bridgehead atoms. The van der Waals surface area contributed by atoms with Crippen LogP contribution in [0.5, 0.6) is 0 Å². The van der Waals surface area contributed by atoms with Crippen molar-refractivity contribution in [2.45, 2.75) is 42.5 Å². The Balaban J connectivity index is 1.51. The molecule has 2 aromatic carbocycles. The minimum absolute atomic E-state index is 0.0440. The maximum absolute atomic E-state index is 13.2. The lowest BCUT2D eigenvalue weighted by atomic mass is 9.77. The van der Waals surface area contributed by atoms with Crippen molar-refractivity contribution in [3.8, 4) is 0 Å². The molecule has 5 rings (SSSR count). The summed E-state index contributed by atoms with van der Waals surface area (Å²) in [6.07, 6.45) is 7.90. The molecule has 0 aromatic heterocycles. The van der Waals surface area contributed by atoms with Crippen LogP contribution in [0.2, 0.25) is 5.02 Å². The zero-order valence-electron chi connectivity index (χ0n) is 17.4. The fourth-order valence-electron chi connectivity index (χ4n) is 5.18. The number of hydrogen-bond acceptors (Lipinski definition) is 5. The third-order valence-electron chi connectivity index (χ3n) is 6.81. The topological polar surface area (TPSA) is 92.5 Å². The normalized spacial score (nSPS) is 25.1. The molecule has 2 aliphatic heterocycles. The molecule has 3 atom stereocenters. The lowest BCUT2D eigenvalue weighted by molar-refractivity contribution is -0.384. The SMILES string of the molecule is O=[N+]([O-])c1cc(C2Nc3ccc(S(=O)(=O)N4CCCCC4)cc3C3C=CCC32)ccc1Cl. The summed E-state index contributed by atoms with van der Waals surface area (Å²) in [5.74, 6) is 0.179. The van der Waals surface area contributed by atoms with E-state index in [4.69, 9.17) is 11.6 Å². The Hall–Kier alpha value is -2.42. The molecule has 1 fully saturated rings.